The molecule has 0 unspecified atom stereocenters. The maximum absolute atomic E-state index is 10.5. The topological polar surface area (TPSA) is 58.6 Å². The normalized spacial score (nSPS) is 10.3. The Morgan fingerprint density at radius 3 is 2.77 bits per heavy atom. The predicted molar refractivity (Wildman–Crippen MR) is 50.7 cm³/mol. The van der Waals surface area contributed by atoms with E-state index >= 15 is 0 Å². The molecule has 0 atom stereocenters. The van der Waals surface area contributed by atoms with Crippen LogP contribution in [0.4, 0.5) is 0 Å². The minimum Gasteiger partial charge on any atom is -0.394 e. The number of Topliss-reactive ketones (excluding diaryl/α,β-unsaturated/α-hetero) is 1. The lowest BCUT2D eigenvalue weighted by Gasteiger charge is -2.03. The van der Waals surface area contributed by atoms with E-state index in [2.05, 4.69) is 5.32 Å². The number of hydrogen-bond acceptors (Lipinski definition) is 4. The molecule has 0 radical (unpaired) electrons. The van der Waals surface area contributed by atoms with Crippen LogP contribution in [0.5, 0.6) is 0 Å². The zero-order valence-corrected chi connectivity index (χ0v) is 8.21. The van der Waals surface area contributed by atoms with E-state index in [-0.39, 0.29) is 12.4 Å². The highest BCUT2D eigenvalue weighted by molar-refractivity contribution is 5.75. The van der Waals surface area contributed by atoms with Crippen LogP contribution >= 0.6 is 0 Å². The molecular formula is C9H19NO3. The summed E-state index contributed by atoms with van der Waals surface area (Å²) >= 11 is 0. The molecule has 0 saturated heterocycles. The molecule has 0 bridgehead atoms. The van der Waals surface area contributed by atoms with E-state index in [1.807, 2.05) is 0 Å². The van der Waals surface area contributed by atoms with Crippen LogP contribution in [0.25, 0.3) is 0 Å². The second-order valence-corrected chi connectivity index (χ2v) is 2.89. The summed E-state index contributed by atoms with van der Waals surface area (Å²) < 4.78 is 5.05. The standard InChI is InChI=1S/C9H19NO3/c1-9(12)3-5-10-4-2-7-13-8-6-11/h10-11H,2-8H2,1H3. The molecule has 0 aromatic heterocycles. The van der Waals surface area contributed by atoms with Crippen LogP contribution in [0.1, 0.15) is 19.8 Å². The van der Waals surface area contributed by atoms with Crippen LogP contribution in [0.3, 0.4) is 0 Å². The van der Waals surface area contributed by atoms with E-state index in [0.29, 0.717) is 19.6 Å². The number of nitrogens with one attached hydrogen (secondary N) is 1. The molecule has 13 heavy (non-hydrogen) atoms. The highest BCUT2D eigenvalue weighted by atomic mass is 16.5. The Kier molecular flexibility index (Phi) is 9.30. The van der Waals surface area contributed by atoms with Gasteiger partial charge in [0.05, 0.1) is 13.2 Å². The average Bonchev–Trinajstić information content (AvgIpc) is 2.09. The first-order chi connectivity index (χ1) is 6.27. The van der Waals surface area contributed by atoms with Gasteiger partial charge in [-0.05, 0) is 19.9 Å². The van der Waals surface area contributed by atoms with E-state index in [0.717, 1.165) is 19.5 Å². The van der Waals surface area contributed by atoms with Crippen LogP contribution in [0.15, 0.2) is 0 Å². The molecule has 4 heteroatoms. The number of aliphatic hydroxyl groups is 1. The summed E-state index contributed by atoms with van der Waals surface area (Å²) in [6.45, 7) is 4.35. The number of ketones is 1. The van der Waals surface area contributed by atoms with Gasteiger partial charge in [0.25, 0.3) is 0 Å². The third kappa shape index (κ3) is 11.5. The maximum Gasteiger partial charge on any atom is 0.131 e. The Morgan fingerprint density at radius 1 is 1.38 bits per heavy atom. The van der Waals surface area contributed by atoms with E-state index in [1.54, 1.807) is 6.92 Å². The zero-order valence-electron chi connectivity index (χ0n) is 8.21. The third-order valence-corrected chi connectivity index (χ3v) is 1.53. The minimum atomic E-state index is 0.0811. The first-order valence-electron chi connectivity index (χ1n) is 4.66. The van der Waals surface area contributed by atoms with Gasteiger partial charge >= 0.3 is 0 Å². The van der Waals surface area contributed by atoms with Crippen LogP contribution in [0.2, 0.25) is 0 Å². The fraction of sp³-hybridized carbons (Fsp3) is 0.889. The molecule has 0 amide bonds. The summed E-state index contributed by atoms with van der Waals surface area (Å²) in [5.74, 6) is 0.212. The summed E-state index contributed by atoms with van der Waals surface area (Å²) in [7, 11) is 0. The molecule has 0 aliphatic heterocycles. The molecule has 4 nitrogen and oxygen atoms in total. The first-order valence-corrected chi connectivity index (χ1v) is 4.66. The maximum atomic E-state index is 10.5. The van der Waals surface area contributed by atoms with Gasteiger partial charge in [0, 0.05) is 19.6 Å². The Hall–Kier alpha value is -0.450. The lowest BCUT2D eigenvalue weighted by atomic mass is 10.3. The molecule has 78 valence electrons. The van der Waals surface area contributed by atoms with Crippen molar-refractivity contribution in [3.8, 4) is 0 Å². The molecule has 0 heterocycles. The fourth-order valence-electron chi connectivity index (χ4n) is 0.855. The molecule has 2 N–H and O–H groups in total. The van der Waals surface area contributed by atoms with Crippen molar-refractivity contribution in [3.05, 3.63) is 0 Å². The second kappa shape index (κ2) is 9.64. The number of hydrogen-bond donors (Lipinski definition) is 2. The van der Waals surface area contributed by atoms with Crippen molar-refractivity contribution in [1.82, 2.24) is 5.32 Å². The molecule has 0 aliphatic carbocycles. The van der Waals surface area contributed by atoms with Gasteiger partial charge in [-0.25, -0.2) is 0 Å². The minimum absolute atomic E-state index is 0.0811. The van der Waals surface area contributed by atoms with Crippen LogP contribution in [0, 0.1) is 0 Å². The number of carbonyl (C=O) groups excluding carboxylic acids is 1. The number of aliphatic hydroxyl groups excluding tert-OH is 1. The van der Waals surface area contributed by atoms with E-state index in [1.165, 1.54) is 0 Å². The molecule has 0 saturated carbocycles. The Morgan fingerprint density at radius 2 is 2.15 bits per heavy atom. The van der Waals surface area contributed by atoms with E-state index in [9.17, 15) is 4.79 Å². The van der Waals surface area contributed by atoms with Gasteiger partial charge in [-0.1, -0.05) is 0 Å². The summed E-state index contributed by atoms with van der Waals surface area (Å²) in [5, 5.41) is 11.5. The van der Waals surface area contributed by atoms with Crippen molar-refractivity contribution in [2.75, 3.05) is 32.9 Å². The van der Waals surface area contributed by atoms with Crippen molar-refractivity contribution in [1.29, 1.82) is 0 Å². The highest BCUT2D eigenvalue weighted by Crippen LogP contribution is 1.82. The van der Waals surface area contributed by atoms with Gasteiger partial charge < -0.3 is 15.2 Å². The largest absolute Gasteiger partial charge is 0.394 e. The van der Waals surface area contributed by atoms with Crippen LogP contribution in [-0.2, 0) is 9.53 Å². The van der Waals surface area contributed by atoms with Crippen molar-refractivity contribution in [2.45, 2.75) is 19.8 Å². The van der Waals surface area contributed by atoms with Crippen molar-refractivity contribution >= 4 is 5.78 Å². The first kappa shape index (κ1) is 12.6. The molecule has 0 fully saturated rings. The molecule has 0 aromatic carbocycles. The van der Waals surface area contributed by atoms with Crippen molar-refractivity contribution in [3.63, 3.8) is 0 Å². The van der Waals surface area contributed by atoms with Gasteiger partial charge in [0.2, 0.25) is 0 Å². The van der Waals surface area contributed by atoms with Gasteiger partial charge in [-0.15, -0.1) is 0 Å². The number of rotatable bonds is 9. The molecule has 0 rings (SSSR count). The average molecular weight is 189 g/mol. The Bertz CT molecular complexity index is 128. The second-order valence-electron chi connectivity index (χ2n) is 2.89. The summed E-state index contributed by atoms with van der Waals surface area (Å²) in [6.07, 6.45) is 1.51. The zero-order chi connectivity index (χ0) is 9.94. The highest BCUT2D eigenvalue weighted by Gasteiger charge is 1.92. The lowest BCUT2D eigenvalue weighted by Crippen LogP contribution is -2.20. The number of carbonyl (C=O) groups is 1. The summed E-state index contributed by atoms with van der Waals surface area (Å²) in [6, 6.07) is 0. The van der Waals surface area contributed by atoms with Crippen molar-refractivity contribution < 1.29 is 14.6 Å². The number of ether oxygens (including phenoxy) is 1. The monoisotopic (exact) mass is 189 g/mol. The third-order valence-electron chi connectivity index (χ3n) is 1.53. The SMILES string of the molecule is CC(=O)CCNCCCOCCO. The van der Waals surface area contributed by atoms with Crippen LogP contribution < -0.4 is 5.32 Å². The Labute approximate surface area is 79.3 Å². The van der Waals surface area contributed by atoms with Gasteiger partial charge in [-0.3, -0.25) is 4.79 Å². The van der Waals surface area contributed by atoms with Crippen LogP contribution in [-0.4, -0.2) is 43.8 Å². The van der Waals surface area contributed by atoms with Gasteiger partial charge in [0.15, 0.2) is 0 Å². The summed E-state index contributed by atoms with van der Waals surface area (Å²) in [4.78, 5) is 10.5. The smallest absolute Gasteiger partial charge is 0.131 e. The van der Waals surface area contributed by atoms with Crippen molar-refractivity contribution in [2.24, 2.45) is 0 Å². The molecule has 0 aromatic rings. The van der Waals surface area contributed by atoms with E-state index in [4.69, 9.17) is 9.84 Å². The van der Waals surface area contributed by atoms with Gasteiger partial charge in [0.1, 0.15) is 5.78 Å². The lowest BCUT2D eigenvalue weighted by molar-refractivity contribution is -0.116. The molecule has 0 aliphatic rings. The van der Waals surface area contributed by atoms with Gasteiger partial charge in [-0.2, -0.15) is 0 Å². The van der Waals surface area contributed by atoms with E-state index < -0.39 is 0 Å². The quantitative estimate of drug-likeness (QED) is 0.499. The predicted octanol–water partition coefficient (Wildman–Crippen LogP) is -0.0459. The fourth-order valence-corrected chi connectivity index (χ4v) is 0.855. The molecule has 0 spiro atoms. The summed E-state index contributed by atoms with van der Waals surface area (Å²) in [5.41, 5.74) is 0. The molecular weight excluding hydrogens is 170 g/mol. The Balaban J connectivity index is 2.87.